The van der Waals surface area contributed by atoms with Crippen LogP contribution >= 0.6 is 0 Å². The van der Waals surface area contributed by atoms with Crippen molar-refractivity contribution in [2.24, 2.45) is 11.8 Å². The van der Waals surface area contributed by atoms with E-state index in [4.69, 9.17) is 10.6 Å². The first-order valence-electron chi connectivity index (χ1n) is 6.58. The Balaban J connectivity index is 1.59. The summed E-state index contributed by atoms with van der Waals surface area (Å²) in [5.41, 5.74) is 2.94. The van der Waals surface area contributed by atoms with Crippen LogP contribution in [-0.4, -0.2) is 30.6 Å². The van der Waals surface area contributed by atoms with Gasteiger partial charge in [-0.1, -0.05) is 0 Å². The Morgan fingerprint density at radius 3 is 2.95 bits per heavy atom. The number of nitrogens with two attached hydrogens (primary N) is 1. The summed E-state index contributed by atoms with van der Waals surface area (Å²) in [6, 6.07) is 3.34. The van der Waals surface area contributed by atoms with Gasteiger partial charge in [-0.25, -0.2) is 10.8 Å². The first kappa shape index (κ1) is 13.8. The molecule has 1 saturated carbocycles. The fraction of sp³-hybridized carbons (Fsp3) is 0.538. The third-order valence-electron chi connectivity index (χ3n) is 2.98. The SMILES string of the molecule is NNc1ccc(C(=O)NCCCOCC2CC2)cn1. The van der Waals surface area contributed by atoms with Gasteiger partial charge in [-0.3, -0.25) is 4.79 Å². The lowest BCUT2D eigenvalue weighted by Crippen LogP contribution is -2.25. The van der Waals surface area contributed by atoms with Gasteiger partial charge < -0.3 is 15.5 Å². The highest BCUT2D eigenvalue weighted by Gasteiger charge is 2.20. The lowest BCUT2D eigenvalue weighted by atomic mass is 10.2. The molecule has 1 aromatic heterocycles. The summed E-state index contributed by atoms with van der Waals surface area (Å²) < 4.78 is 5.49. The summed E-state index contributed by atoms with van der Waals surface area (Å²) in [6.45, 7) is 2.18. The number of rotatable bonds is 8. The molecule has 1 heterocycles. The molecule has 0 radical (unpaired) electrons. The van der Waals surface area contributed by atoms with Gasteiger partial charge in [0.1, 0.15) is 5.82 Å². The predicted molar refractivity (Wildman–Crippen MR) is 72.5 cm³/mol. The maximum absolute atomic E-state index is 11.8. The van der Waals surface area contributed by atoms with E-state index < -0.39 is 0 Å². The number of hydrogen-bond acceptors (Lipinski definition) is 5. The van der Waals surface area contributed by atoms with Crippen LogP contribution in [0.2, 0.25) is 0 Å². The topological polar surface area (TPSA) is 89.3 Å². The van der Waals surface area contributed by atoms with Gasteiger partial charge in [0.25, 0.3) is 5.91 Å². The van der Waals surface area contributed by atoms with Crippen LogP contribution in [0.3, 0.4) is 0 Å². The molecule has 19 heavy (non-hydrogen) atoms. The smallest absolute Gasteiger partial charge is 0.252 e. The van der Waals surface area contributed by atoms with E-state index >= 15 is 0 Å². The molecule has 0 saturated heterocycles. The summed E-state index contributed by atoms with van der Waals surface area (Å²) in [5.74, 6) is 6.39. The van der Waals surface area contributed by atoms with E-state index in [1.54, 1.807) is 12.1 Å². The molecule has 104 valence electrons. The van der Waals surface area contributed by atoms with Crippen LogP contribution < -0.4 is 16.6 Å². The minimum absolute atomic E-state index is 0.127. The Labute approximate surface area is 112 Å². The summed E-state index contributed by atoms with van der Waals surface area (Å²) >= 11 is 0. The van der Waals surface area contributed by atoms with Crippen molar-refractivity contribution in [2.45, 2.75) is 19.3 Å². The van der Waals surface area contributed by atoms with Gasteiger partial charge in [0.05, 0.1) is 5.56 Å². The Kier molecular flexibility index (Phi) is 5.11. The van der Waals surface area contributed by atoms with E-state index in [-0.39, 0.29) is 5.91 Å². The standard InChI is InChI=1S/C13H20N4O2/c14-17-12-5-4-11(8-16-12)13(18)15-6-1-7-19-9-10-2-3-10/h4-5,8,10H,1-3,6-7,9,14H2,(H,15,18)(H,16,17). The second-order valence-electron chi connectivity index (χ2n) is 4.70. The van der Waals surface area contributed by atoms with E-state index in [2.05, 4.69) is 15.7 Å². The minimum atomic E-state index is -0.127. The Hall–Kier alpha value is -1.66. The summed E-state index contributed by atoms with van der Waals surface area (Å²) in [5, 5.41) is 2.83. The van der Waals surface area contributed by atoms with Gasteiger partial charge in [-0.15, -0.1) is 0 Å². The molecule has 1 aliphatic carbocycles. The van der Waals surface area contributed by atoms with Crippen molar-refractivity contribution >= 4 is 11.7 Å². The van der Waals surface area contributed by atoms with Crippen molar-refractivity contribution in [2.75, 3.05) is 25.2 Å². The number of hydrazine groups is 1. The molecule has 1 fully saturated rings. The molecule has 2 rings (SSSR count). The summed E-state index contributed by atoms with van der Waals surface area (Å²) in [6.07, 6.45) is 4.93. The van der Waals surface area contributed by atoms with Crippen LogP contribution in [0.5, 0.6) is 0 Å². The molecular formula is C13H20N4O2. The summed E-state index contributed by atoms with van der Waals surface area (Å²) in [7, 11) is 0. The van der Waals surface area contributed by atoms with Crippen LogP contribution in [-0.2, 0) is 4.74 Å². The second-order valence-corrected chi connectivity index (χ2v) is 4.70. The Bertz CT molecular complexity index is 404. The highest BCUT2D eigenvalue weighted by atomic mass is 16.5. The molecule has 1 amide bonds. The highest BCUT2D eigenvalue weighted by Crippen LogP contribution is 2.28. The number of ether oxygens (including phenoxy) is 1. The maximum atomic E-state index is 11.8. The third kappa shape index (κ3) is 4.84. The molecule has 6 heteroatoms. The van der Waals surface area contributed by atoms with Crippen LogP contribution in [0.1, 0.15) is 29.6 Å². The van der Waals surface area contributed by atoms with E-state index in [1.165, 1.54) is 19.0 Å². The molecule has 0 atom stereocenters. The van der Waals surface area contributed by atoms with Crippen molar-refractivity contribution in [1.29, 1.82) is 0 Å². The van der Waals surface area contributed by atoms with Crippen molar-refractivity contribution in [1.82, 2.24) is 10.3 Å². The van der Waals surface area contributed by atoms with Crippen LogP contribution in [0.15, 0.2) is 18.3 Å². The second kappa shape index (κ2) is 7.06. The zero-order valence-corrected chi connectivity index (χ0v) is 10.9. The fourth-order valence-corrected chi connectivity index (χ4v) is 1.63. The van der Waals surface area contributed by atoms with Crippen LogP contribution in [0.4, 0.5) is 5.82 Å². The number of nitrogens with zero attached hydrogens (tertiary/aromatic N) is 1. The van der Waals surface area contributed by atoms with Gasteiger partial charge >= 0.3 is 0 Å². The first-order chi connectivity index (χ1) is 9.29. The normalized spacial score (nSPS) is 14.2. The van der Waals surface area contributed by atoms with Gasteiger partial charge in [-0.05, 0) is 37.3 Å². The molecule has 1 aromatic rings. The van der Waals surface area contributed by atoms with E-state index in [9.17, 15) is 4.79 Å². The van der Waals surface area contributed by atoms with Crippen LogP contribution in [0.25, 0.3) is 0 Å². The zero-order valence-electron chi connectivity index (χ0n) is 10.9. The monoisotopic (exact) mass is 264 g/mol. The molecular weight excluding hydrogens is 244 g/mol. The largest absolute Gasteiger partial charge is 0.381 e. The van der Waals surface area contributed by atoms with Crippen molar-refractivity contribution in [3.8, 4) is 0 Å². The minimum Gasteiger partial charge on any atom is -0.381 e. The molecule has 4 N–H and O–H groups in total. The molecule has 0 bridgehead atoms. The molecule has 0 aliphatic heterocycles. The Morgan fingerprint density at radius 2 is 2.32 bits per heavy atom. The van der Waals surface area contributed by atoms with E-state index in [0.29, 0.717) is 24.5 Å². The maximum Gasteiger partial charge on any atom is 0.252 e. The summed E-state index contributed by atoms with van der Waals surface area (Å²) in [4.78, 5) is 15.7. The van der Waals surface area contributed by atoms with Crippen LogP contribution in [0, 0.1) is 5.92 Å². The number of nitrogen functional groups attached to an aromatic ring is 1. The number of carbonyl (C=O) groups excluding carboxylic acids is 1. The average Bonchev–Trinajstić information content (AvgIpc) is 3.26. The lowest BCUT2D eigenvalue weighted by Gasteiger charge is -2.06. The number of anilines is 1. The molecule has 0 spiro atoms. The van der Waals surface area contributed by atoms with Gasteiger partial charge in [0.2, 0.25) is 0 Å². The molecule has 6 nitrogen and oxygen atoms in total. The molecule has 0 unspecified atom stereocenters. The quantitative estimate of drug-likeness (QED) is 0.369. The molecule has 0 aromatic carbocycles. The number of amides is 1. The average molecular weight is 264 g/mol. The lowest BCUT2D eigenvalue weighted by molar-refractivity contribution is 0.0937. The van der Waals surface area contributed by atoms with Crippen molar-refractivity contribution in [3.05, 3.63) is 23.9 Å². The highest BCUT2D eigenvalue weighted by molar-refractivity contribution is 5.93. The number of aromatic nitrogens is 1. The molecule has 1 aliphatic rings. The predicted octanol–water partition coefficient (Wildman–Crippen LogP) is 0.914. The van der Waals surface area contributed by atoms with Crippen molar-refractivity contribution in [3.63, 3.8) is 0 Å². The van der Waals surface area contributed by atoms with E-state index in [0.717, 1.165) is 18.9 Å². The van der Waals surface area contributed by atoms with Gasteiger partial charge in [-0.2, -0.15) is 0 Å². The van der Waals surface area contributed by atoms with E-state index in [1.807, 2.05) is 0 Å². The Morgan fingerprint density at radius 1 is 1.47 bits per heavy atom. The number of hydrogen-bond donors (Lipinski definition) is 3. The van der Waals surface area contributed by atoms with Crippen molar-refractivity contribution < 1.29 is 9.53 Å². The third-order valence-corrected chi connectivity index (χ3v) is 2.98. The number of carbonyl (C=O) groups is 1. The first-order valence-corrected chi connectivity index (χ1v) is 6.58. The van der Waals surface area contributed by atoms with Gasteiger partial charge in [0, 0.05) is 26.0 Å². The number of nitrogens with one attached hydrogen (secondary N) is 2. The zero-order chi connectivity index (χ0) is 13.5. The fourth-order valence-electron chi connectivity index (χ4n) is 1.63. The number of pyridine rings is 1. The van der Waals surface area contributed by atoms with Gasteiger partial charge in [0.15, 0.2) is 0 Å².